The lowest BCUT2D eigenvalue weighted by molar-refractivity contribution is 0.404. The zero-order chi connectivity index (χ0) is 15.6. The van der Waals surface area contributed by atoms with Gasteiger partial charge in [-0.3, -0.25) is 0 Å². The van der Waals surface area contributed by atoms with Crippen molar-refractivity contribution in [3.05, 3.63) is 32.7 Å². The Labute approximate surface area is 134 Å². The Kier molecular flexibility index (Phi) is 4.96. The number of hydrogen-bond donors (Lipinski definition) is 1. The van der Waals surface area contributed by atoms with Crippen LogP contribution in [0.2, 0.25) is 5.02 Å². The Bertz CT molecular complexity index is 643. The van der Waals surface area contributed by atoms with Crippen molar-refractivity contribution >= 4 is 28.6 Å². The highest BCUT2D eigenvalue weighted by atomic mass is 35.5. The van der Waals surface area contributed by atoms with Crippen molar-refractivity contribution in [3.8, 4) is 11.5 Å². The summed E-state index contributed by atoms with van der Waals surface area (Å²) in [6, 6.07) is 3.72. The highest BCUT2D eigenvalue weighted by molar-refractivity contribution is 7.11. The van der Waals surface area contributed by atoms with Crippen LogP contribution >= 0.6 is 22.9 Å². The van der Waals surface area contributed by atoms with Crippen molar-refractivity contribution in [2.75, 3.05) is 19.5 Å². The summed E-state index contributed by atoms with van der Waals surface area (Å²) in [5.74, 6) is 1.30. The molecule has 1 aromatic heterocycles. The van der Waals surface area contributed by atoms with Gasteiger partial charge in [0.05, 0.1) is 41.7 Å². The number of rotatable bonds is 5. The van der Waals surface area contributed by atoms with Crippen molar-refractivity contribution in [1.29, 1.82) is 0 Å². The first-order valence-electron chi connectivity index (χ1n) is 6.58. The maximum Gasteiger partial charge on any atom is 0.143 e. The summed E-state index contributed by atoms with van der Waals surface area (Å²) in [6.07, 6.45) is 0. The molecule has 1 unspecified atom stereocenters. The molecule has 6 heteroatoms. The number of aryl methyl sites for hydroxylation is 2. The number of thiazole rings is 1. The number of hydrogen-bond acceptors (Lipinski definition) is 5. The lowest BCUT2D eigenvalue weighted by Gasteiger charge is -2.18. The topological polar surface area (TPSA) is 43.4 Å². The second kappa shape index (κ2) is 6.54. The van der Waals surface area contributed by atoms with Crippen LogP contribution in [0.1, 0.15) is 28.5 Å². The van der Waals surface area contributed by atoms with Crippen molar-refractivity contribution < 1.29 is 9.47 Å². The van der Waals surface area contributed by atoms with E-state index in [1.54, 1.807) is 31.6 Å². The van der Waals surface area contributed by atoms with E-state index in [4.69, 9.17) is 21.1 Å². The first-order chi connectivity index (χ1) is 9.96. The van der Waals surface area contributed by atoms with E-state index < -0.39 is 0 Å². The number of nitrogens with zero attached hydrogens (tertiary/aromatic N) is 1. The van der Waals surface area contributed by atoms with Gasteiger partial charge in [-0.1, -0.05) is 11.6 Å². The molecule has 0 amide bonds. The van der Waals surface area contributed by atoms with Gasteiger partial charge in [-0.05, 0) is 20.8 Å². The van der Waals surface area contributed by atoms with Crippen LogP contribution in [0.5, 0.6) is 11.5 Å². The van der Waals surface area contributed by atoms with Gasteiger partial charge in [0, 0.05) is 17.0 Å². The van der Waals surface area contributed by atoms with Gasteiger partial charge < -0.3 is 14.8 Å². The van der Waals surface area contributed by atoms with Crippen molar-refractivity contribution in [2.24, 2.45) is 0 Å². The first kappa shape index (κ1) is 15.9. The molecule has 2 aromatic rings. The van der Waals surface area contributed by atoms with Crippen LogP contribution in [-0.2, 0) is 0 Å². The number of aromatic nitrogens is 1. The molecule has 1 N–H and O–H groups in total. The number of anilines is 1. The summed E-state index contributed by atoms with van der Waals surface area (Å²) >= 11 is 7.82. The zero-order valence-corrected chi connectivity index (χ0v) is 14.4. The summed E-state index contributed by atoms with van der Waals surface area (Å²) in [5.41, 5.74) is 1.90. The van der Waals surface area contributed by atoms with E-state index >= 15 is 0 Å². The molecule has 0 aliphatic heterocycles. The minimum absolute atomic E-state index is 0.121. The molecule has 1 heterocycles. The molecule has 2 rings (SSSR count). The second-order valence-electron chi connectivity index (χ2n) is 4.74. The quantitative estimate of drug-likeness (QED) is 0.871. The van der Waals surface area contributed by atoms with E-state index in [1.165, 1.54) is 4.88 Å². The smallest absolute Gasteiger partial charge is 0.143 e. The van der Waals surface area contributed by atoms with E-state index in [0.29, 0.717) is 16.5 Å². The predicted molar refractivity (Wildman–Crippen MR) is 88.2 cm³/mol. The van der Waals surface area contributed by atoms with Crippen LogP contribution in [-0.4, -0.2) is 19.2 Å². The lowest BCUT2D eigenvalue weighted by Crippen LogP contribution is -2.07. The SMILES string of the molecule is COc1cc(NC(C)c2sc(C)nc2C)c(OC)cc1Cl. The van der Waals surface area contributed by atoms with Gasteiger partial charge in [0.1, 0.15) is 11.5 Å². The molecular formula is C15H19ClN2O2S. The molecule has 0 bridgehead atoms. The lowest BCUT2D eigenvalue weighted by atomic mass is 10.2. The monoisotopic (exact) mass is 326 g/mol. The summed E-state index contributed by atoms with van der Waals surface area (Å²) in [7, 11) is 3.22. The van der Waals surface area contributed by atoms with Crippen molar-refractivity contribution in [1.82, 2.24) is 4.98 Å². The Hall–Kier alpha value is -1.46. The first-order valence-corrected chi connectivity index (χ1v) is 7.77. The molecule has 0 radical (unpaired) electrons. The normalized spacial score (nSPS) is 12.1. The van der Waals surface area contributed by atoms with Gasteiger partial charge in [-0.25, -0.2) is 4.98 Å². The maximum atomic E-state index is 6.12. The average molecular weight is 327 g/mol. The van der Waals surface area contributed by atoms with Crippen molar-refractivity contribution in [3.63, 3.8) is 0 Å². The summed E-state index contributed by atoms with van der Waals surface area (Å²) < 4.78 is 10.6. The molecule has 0 fully saturated rings. The molecule has 1 atom stereocenters. The molecule has 0 saturated heterocycles. The number of halogens is 1. The fraction of sp³-hybridized carbons (Fsp3) is 0.400. The van der Waals surface area contributed by atoms with E-state index in [2.05, 4.69) is 17.2 Å². The van der Waals surface area contributed by atoms with Crippen LogP contribution in [0.4, 0.5) is 5.69 Å². The van der Waals surface area contributed by atoms with Gasteiger partial charge in [0.2, 0.25) is 0 Å². The minimum atomic E-state index is 0.121. The number of nitrogens with one attached hydrogen (secondary N) is 1. The van der Waals surface area contributed by atoms with Crippen LogP contribution in [0.3, 0.4) is 0 Å². The Morgan fingerprint density at radius 3 is 2.38 bits per heavy atom. The third kappa shape index (κ3) is 3.41. The molecular weight excluding hydrogens is 308 g/mol. The fourth-order valence-electron chi connectivity index (χ4n) is 2.22. The third-order valence-corrected chi connectivity index (χ3v) is 4.73. The van der Waals surface area contributed by atoms with E-state index in [9.17, 15) is 0 Å². The van der Waals surface area contributed by atoms with Crippen LogP contribution in [0.25, 0.3) is 0 Å². The molecule has 4 nitrogen and oxygen atoms in total. The third-order valence-electron chi connectivity index (χ3n) is 3.18. The molecule has 114 valence electrons. The van der Waals surface area contributed by atoms with Gasteiger partial charge in [0.15, 0.2) is 0 Å². The minimum Gasteiger partial charge on any atom is -0.495 e. The van der Waals surface area contributed by atoms with Gasteiger partial charge >= 0.3 is 0 Å². The number of benzene rings is 1. The summed E-state index contributed by atoms with van der Waals surface area (Å²) in [4.78, 5) is 5.68. The van der Waals surface area contributed by atoms with Gasteiger partial charge in [0.25, 0.3) is 0 Å². The number of methoxy groups -OCH3 is 2. The average Bonchev–Trinajstić information content (AvgIpc) is 2.79. The highest BCUT2D eigenvalue weighted by Crippen LogP contribution is 2.38. The highest BCUT2D eigenvalue weighted by Gasteiger charge is 2.16. The molecule has 0 spiro atoms. The van der Waals surface area contributed by atoms with Gasteiger partial charge in [-0.2, -0.15) is 0 Å². The zero-order valence-electron chi connectivity index (χ0n) is 12.8. The molecule has 0 aliphatic rings. The van der Waals surface area contributed by atoms with Crippen LogP contribution in [0.15, 0.2) is 12.1 Å². The predicted octanol–water partition coefficient (Wildman–Crippen LogP) is 4.60. The Balaban J connectivity index is 2.32. The van der Waals surface area contributed by atoms with E-state index in [0.717, 1.165) is 16.4 Å². The number of ether oxygens (including phenoxy) is 2. The second-order valence-corrected chi connectivity index (χ2v) is 6.38. The van der Waals surface area contributed by atoms with E-state index in [1.807, 2.05) is 19.9 Å². The maximum absolute atomic E-state index is 6.12. The van der Waals surface area contributed by atoms with Crippen molar-refractivity contribution in [2.45, 2.75) is 26.8 Å². The largest absolute Gasteiger partial charge is 0.495 e. The Morgan fingerprint density at radius 2 is 1.86 bits per heavy atom. The standard InChI is InChI=1S/C15H19ClN2O2S/c1-8-15(21-10(3)17-8)9(2)18-12-7-13(19-4)11(16)6-14(12)20-5/h6-7,9,18H,1-5H3. The van der Waals surface area contributed by atoms with Crippen LogP contribution in [0, 0.1) is 13.8 Å². The van der Waals surface area contributed by atoms with E-state index in [-0.39, 0.29) is 6.04 Å². The van der Waals surface area contributed by atoms with Crippen LogP contribution < -0.4 is 14.8 Å². The molecule has 0 saturated carbocycles. The molecule has 21 heavy (non-hydrogen) atoms. The summed E-state index contributed by atoms with van der Waals surface area (Å²) in [5, 5.41) is 5.03. The summed E-state index contributed by atoms with van der Waals surface area (Å²) in [6.45, 7) is 6.14. The molecule has 1 aromatic carbocycles. The fourth-order valence-corrected chi connectivity index (χ4v) is 3.38. The Morgan fingerprint density at radius 1 is 1.19 bits per heavy atom. The molecule has 0 aliphatic carbocycles. The van der Waals surface area contributed by atoms with Gasteiger partial charge in [-0.15, -0.1) is 11.3 Å².